The van der Waals surface area contributed by atoms with Crippen LogP contribution in [0.3, 0.4) is 0 Å². The predicted octanol–water partition coefficient (Wildman–Crippen LogP) is 1.91. The minimum Gasteiger partial charge on any atom is -0.396 e. The zero-order valence-electron chi connectivity index (χ0n) is 15.6. The van der Waals surface area contributed by atoms with Gasteiger partial charge in [0, 0.05) is 50.3 Å². The van der Waals surface area contributed by atoms with E-state index in [1.54, 1.807) is 0 Å². The van der Waals surface area contributed by atoms with Crippen LogP contribution in [0.15, 0.2) is 4.99 Å². The highest BCUT2D eigenvalue weighted by atomic mass is 127. The summed E-state index contributed by atoms with van der Waals surface area (Å²) in [7, 11) is 1.82. The van der Waals surface area contributed by atoms with Crippen LogP contribution in [0.5, 0.6) is 0 Å². The highest BCUT2D eigenvalue weighted by Gasteiger charge is 2.59. The zero-order valence-corrected chi connectivity index (χ0v) is 17.9. The normalized spacial score (nSPS) is 33.3. The zero-order chi connectivity index (χ0) is 17.0. The topological polar surface area (TPSA) is 75.1 Å². The summed E-state index contributed by atoms with van der Waals surface area (Å²) >= 11 is 0. The molecule has 3 fully saturated rings. The first-order valence-corrected chi connectivity index (χ1v) is 9.45. The highest BCUT2D eigenvalue weighted by Crippen LogP contribution is 2.57. The van der Waals surface area contributed by atoms with E-state index in [0.717, 1.165) is 51.6 Å². The lowest BCUT2D eigenvalue weighted by molar-refractivity contribution is -0.168. The van der Waals surface area contributed by atoms with Gasteiger partial charge >= 0.3 is 0 Å². The van der Waals surface area contributed by atoms with Crippen LogP contribution in [0.25, 0.3) is 0 Å². The van der Waals surface area contributed by atoms with Crippen molar-refractivity contribution in [3.63, 3.8) is 0 Å². The Kier molecular flexibility index (Phi) is 7.79. The molecule has 0 aromatic rings. The Morgan fingerprint density at radius 3 is 2.68 bits per heavy atom. The van der Waals surface area contributed by atoms with Crippen LogP contribution in [0.1, 0.15) is 45.4 Å². The van der Waals surface area contributed by atoms with E-state index in [1.807, 2.05) is 7.05 Å². The van der Waals surface area contributed by atoms with E-state index >= 15 is 0 Å². The summed E-state index contributed by atoms with van der Waals surface area (Å²) in [4.78, 5) is 4.41. The maximum absolute atomic E-state index is 9.35. The van der Waals surface area contributed by atoms with E-state index in [1.165, 1.54) is 19.3 Å². The Morgan fingerprint density at radius 2 is 2.16 bits per heavy atom. The van der Waals surface area contributed by atoms with Gasteiger partial charge in [-0.3, -0.25) is 4.99 Å². The van der Waals surface area contributed by atoms with Crippen LogP contribution in [0.4, 0.5) is 0 Å². The van der Waals surface area contributed by atoms with Crippen LogP contribution in [0.2, 0.25) is 0 Å². The first kappa shape index (κ1) is 21.2. The van der Waals surface area contributed by atoms with Crippen LogP contribution < -0.4 is 10.6 Å². The third kappa shape index (κ3) is 4.25. The van der Waals surface area contributed by atoms with Gasteiger partial charge in [-0.25, -0.2) is 0 Å². The predicted molar refractivity (Wildman–Crippen MR) is 110 cm³/mol. The Morgan fingerprint density at radius 1 is 1.36 bits per heavy atom. The minimum absolute atomic E-state index is 0. The Balaban J connectivity index is 0.00000225. The SMILES string of the molecule is CCOC1CC(NC(=NC)NCC2(CCO)CCOC2)C12CCC2.I. The van der Waals surface area contributed by atoms with Crippen LogP contribution in [-0.4, -0.2) is 63.2 Å². The average molecular weight is 467 g/mol. The summed E-state index contributed by atoms with van der Waals surface area (Å²) in [5.74, 6) is 0.866. The number of nitrogens with one attached hydrogen (secondary N) is 2. The lowest BCUT2D eigenvalue weighted by atomic mass is 9.51. The number of hydrogen-bond donors (Lipinski definition) is 3. The molecule has 3 rings (SSSR count). The highest BCUT2D eigenvalue weighted by molar-refractivity contribution is 14.0. The van der Waals surface area contributed by atoms with Gasteiger partial charge in [0.25, 0.3) is 0 Å². The maximum Gasteiger partial charge on any atom is 0.191 e. The van der Waals surface area contributed by atoms with E-state index in [4.69, 9.17) is 9.47 Å². The molecule has 3 N–H and O–H groups in total. The smallest absolute Gasteiger partial charge is 0.191 e. The molecule has 7 heteroatoms. The number of aliphatic hydroxyl groups excluding tert-OH is 1. The summed E-state index contributed by atoms with van der Waals surface area (Å²) in [6, 6.07) is 0.461. The molecule has 146 valence electrons. The van der Waals surface area contributed by atoms with Crippen molar-refractivity contribution in [1.82, 2.24) is 10.6 Å². The van der Waals surface area contributed by atoms with Crippen molar-refractivity contribution in [3.05, 3.63) is 0 Å². The molecular formula is C18H34IN3O3. The molecule has 3 atom stereocenters. The van der Waals surface area contributed by atoms with Gasteiger partial charge < -0.3 is 25.2 Å². The van der Waals surface area contributed by atoms with Gasteiger partial charge in [0.1, 0.15) is 0 Å². The molecule has 1 saturated heterocycles. The fourth-order valence-corrected chi connectivity index (χ4v) is 4.58. The number of ether oxygens (including phenoxy) is 2. The molecule has 2 saturated carbocycles. The Hall–Kier alpha value is -0.120. The fourth-order valence-electron chi connectivity index (χ4n) is 4.58. The van der Waals surface area contributed by atoms with Crippen molar-refractivity contribution in [3.8, 4) is 0 Å². The average Bonchev–Trinajstić information content (AvgIpc) is 2.97. The standard InChI is InChI=1S/C18H33N3O3.HI/c1-3-24-15-11-14(18(15)5-4-6-18)21-16(19-2)20-12-17(7-9-22)8-10-23-13-17;/h14-15,22H,3-13H2,1-2H3,(H2,19,20,21);1H. The molecule has 3 unspecified atom stereocenters. The monoisotopic (exact) mass is 467 g/mol. The number of nitrogens with zero attached hydrogens (tertiary/aromatic N) is 1. The minimum atomic E-state index is 0. The lowest BCUT2D eigenvalue weighted by Crippen LogP contribution is -2.68. The second-order valence-corrected chi connectivity index (χ2v) is 7.67. The Labute approximate surface area is 168 Å². The second-order valence-electron chi connectivity index (χ2n) is 7.67. The number of aliphatic hydroxyl groups is 1. The number of rotatable bonds is 7. The van der Waals surface area contributed by atoms with Crippen molar-refractivity contribution < 1.29 is 14.6 Å². The molecule has 6 nitrogen and oxygen atoms in total. The van der Waals surface area contributed by atoms with Crippen molar-refractivity contribution >= 4 is 29.9 Å². The van der Waals surface area contributed by atoms with E-state index in [-0.39, 0.29) is 36.0 Å². The van der Waals surface area contributed by atoms with E-state index in [2.05, 4.69) is 22.5 Å². The summed E-state index contributed by atoms with van der Waals surface area (Å²) in [6.07, 6.45) is 7.08. The summed E-state index contributed by atoms with van der Waals surface area (Å²) in [5, 5.41) is 16.5. The van der Waals surface area contributed by atoms with Crippen molar-refractivity contribution in [1.29, 1.82) is 0 Å². The molecule has 1 spiro atoms. The third-order valence-corrected chi connectivity index (χ3v) is 6.43. The van der Waals surface area contributed by atoms with Gasteiger partial charge in [-0.05, 0) is 39.0 Å². The molecule has 0 amide bonds. The van der Waals surface area contributed by atoms with Gasteiger partial charge in [-0.2, -0.15) is 0 Å². The summed E-state index contributed by atoms with van der Waals surface area (Å²) in [6.45, 7) is 5.39. The van der Waals surface area contributed by atoms with Gasteiger partial charge in [0.15, 0.2) is 5.96 Å². The molecule has 0 aromatic heterocycles. The van der Waals surface area contributed by atoms with E-state index in [0.29, 0.717) is 17.6 Å². The third-order valence-electron chi connectivity index (χ3n) is 6.43. The van der Waals surface area contributed by atoms with Crippen LogP contribution in [-0.2, 0) is 9.47 Å². The first-order chi connectivity index (χ1) is 11.7. The van der Waals surface area contributed by atoms with Gasteiger partial charge in [-0.15, -0.1) is 24.0 Å². The second kappa shape index (κ2) is 9.19. The number of halogens is 1. The fraction of sp³-hybridized carbons (Fsp3) is 0.944. The molecular weight excluding hydrogens is 433 g/mol. The Bertz CT molecular complexity index is 451. The first-order valence-electron chi connectivity index (χ1n) is 9.45. The molecule has 1 heterocycles. The van der Waals surface area contributed by atoms with Gasteiger partial charge in [0.2, 0.25) is 0 Å². The number of hydrogen-bond acceptors (Lipinski definition) is 4. The maximum atomic E-state index is 9.35. The number of aliphatic imine (C=N–C) groups is 1. The van der Waals surface area contributed by atoms with Crippen LogP contribution >= 0.6 is 24.0 Å². The molecule has 0 aromatic carbocycles. The summed E-state index contributed by atoms with van der Waals surface area (Å²) < 4.78 is 11.5. The van der Waals surface area contributed by atoms with Crippen molar-refractivity contribution in [2.75, 3.05) is 40.0 Å². The molecule has 3 aliphatic rings. The summed E-state index contributed by atoms with van der Waals surface area (Å²) in [5.41, 5.74) is 0.362. The molecule has 25 heavy (non-hydrogen) atoms. The van der Waals surface area contributed by atoms with Crippen molar-refractivity contribution in [2.24, 2.45) is 15.8 Å². The number of guanidine groups is 1. The van der Waals surface area contributed by atoms with Crippen molar-refractivity contribution in [2.45, 2.75) is 57.6 Å². The van der Waals surface area contributed by atoms with E-state index < -0.39 is 0 Å². The lowest BCUT2D eigenvalue weighted by Gasteiger charge is -2.61. The van der Waals surface area contributed by atoms with Crippen LogP contribution in [0, 0.1) is 10.8 Å². The largest absolute Gasteiger partial charge is 0.396 e. The molecule has 2 aliphatic carbocycles. The van der Waals surface area contributed by atoms with E-state index in [9.17, 15) is 5.11 Å². The van der Waals surface area contributed by atoms with Gasteiger partial charge in [0.05, 0.1) is 12.7 Å². The molecule has 1 aliphatic heterocycles. The quantitative estimate of drug-likeness (QED) is 0.303. The molecule has 0 radical (unpaired) electrons. The van der Waals surface area contributed by atoms with Gasteiger partial charge in [-0.1, -0.05) is 6.42 Å². The molecule has 0 bridgehead atoms.